The first kappa shape index (κ1) is 13.9. The van der Waals surface area contributed by atoms with Crippen LogP contribution in [-0.4, -0.2) is 29.4 Å². The van der Waals surface area contributed by atoms with E-state index in [2.05, 4.69) is 34.7 Å². The quantitative estimate of drug-likeness (QED) is 0.655. The molecule has 2 rings (SSSR count). The maximum absolute atomic E-state index is 3.80. The van der Waals surface area contributed by atoms with Crippen molar-refractivity contribution >= 4 is 15.9 Å². The molecule has 0 unspecified atom stereocenters. The van der Waals surface area contributed by atoms with Crippen LogP contribution >= 0.6 is 15.9 Å². The van der Waals surface area contributed by atoms with Gasteiger partial charge in [-0.05, 0) is 50.9 Å². The van der Waals surface area contributed by atoms with Crippen LogP contribution < -0.4 is 0 Å². The van der Waals surface area contributed by atoms with E-state index in [0.717, 1.165) is 5.92 Å². The van der Waals surface area contributed by atoms with E-state index in [1.54, 1.807) is 0 Å². The fourth-order valence-corrected chi connectivity index (χ4v) is 3.89. The summed E-state index contributed by atoms with van der Waals surface area (Å²) in [7, 11) is 0. The van der Waals surface area contributed by atoms with Crippen molar-refractivity contribution in [2.45, 2.75) is 64.8 Å². The van der Waals surface area contributed by atoms with E-state index in [9.17, 15) is 0 Å². The predicted molar refractivity (Wildman–Crippen MR) is 78.7 cm³/mol. The summed E-state index contributed by atoms with van der Waals surface area (Å²) in [5.41, 5.74) is 0.581. The van der Waals surface area contributed by atoms with Crippen LogP contribution in [0.5, 0.6) is 0 Å². The molecule has 0 aromatic heterocycles. The van der Waals surface area contributed by atoms with E-state index < -0.39 is 0 Å². The van der Waals surface area contributed by atoms with Crippen LogP contribution in [0.3, 0.4) is 0 Å². The van der Waals surface area contributed by atoms with Gasteiger partial charge in [0.05, 0.1) is 0 Å². The summed E-state index contributed by atoms with van der Waals surface area (Å²) in [5.74, 6) is 1.02. The molecule has 0 heterocycles. The van der Waals surface area contributed by atoms with Crippen LogP contribution in [0.2, 0.25) is 0 Å². The topological polar surface area (TPSA) is 3.24 Å². The van der Waals surface area contributed by atoms with Gasteiger partial charge in [0.25, 0.3) is 0 Å². The molecule has 0 radical (unpaired) electrons. The number of nitrogens with zero attached hydrogens (tertiary/aromatic N) is 1. The zero-order chi connectivity index (χ0) is 12.3. The summed E-state index contributed by atoms with van der Waals surface area (Å²) in [6.07, 6.45) is 10.2. The van der Waals surface area contributed by atoms with Crippen LogP contribution in [-0.2, 0) is 0 Å². The molecule has 100 valence electrons. The maximum atomic E-state index is 3.80. The first-order chi connectivity index (χ1) is 8.15. The van der Waals surface area contributed by atoms with Crippen molar-refractivity contribution in [3.05, 3.63) is 0 Å². The highest BCUT2D eigenvalue weighted by Gasteiger charge is 2.35. The molecule has 17 heavy (non-hydrogen) atoms. The molecule has 0 spiro atoms. The van der Waals surface area contributed by atoms with Crippen molar-refractivity contribution < 1.29 is 0 Å². The summed E-state index contributed by atoms with van der Waals surface area (Å²) in [5, 5.41) is 1.20. The predicted octanol–water partition coefficient (Wildman–Crippen LogP) is 4.45. The zero-order valence-electron chi connectivity index (χ0n) is 11.6. The fourth-order valence-electron chi connectivity index (χ4n) is 3.16. The van der Waals surface area contributed by atoms with Gasteiger partial charge in [-0.2, -0.15) is 0 Å². The SMILES string of the molecule is CC(C)N(CC1CC1)CC1(CBr)CCCCC1. The molecule has 2 aliphatic carbocycles. The largest absolute Gasteiger partial charge is 0.300 e. The molecule has 2 fully saturated rings. The highest BCUT2D eigenvalue weighted by molar-refractivity contribution is 9.09. The molecule has 0 atom stereocenters. The lowest BCUT2D eigenvalue weighted by molar-refractivity contribution is 0.100. The minimum atomic E-state index is 0.581. The Bertz CT molecular complexity index is 229. The molecule has 2 saturated carbocycles. The monoisotopic (exact) mass is 301 g/mol. The van der Waals surface area contributed by atoms with Gasteiger partial charge in [0.1, 0.15) is 0 Å². The minimum Gasteiger partial charge on any atom is -0.300 e. The normalized spacial score (nSPS) is 24.5. The Hall–Kier alpha value is 0.440. The summed E-state index contributed by atoms with van der Waals surface area (Å²) in [4.78, 5) is 2.75. The first-order valence-electron chi connectivity index (χ1n) is 7.45. The van der Waals surface area contributed by atoms with E-state index in [1.807, 2.05) is 0 Å². The van der Waals surface area contributed by atoms with Crippen molar-refractivity contribution in [1.29, 1.82) is 0 Å². The van der Waals surface area contributed by atoms with E-state index in [1.165, 1.54) is 63.4 Å². The molecule has 1 nitrogen and oxygen atoms in total. The molecule has 0 aliphatic heterocycles. The average Bonchev–Trinajstić information content (AvgIpc) is 3.13. The highest BCUT2D eigenvalue weighted by atomic mass is 79.9. The Morgan fingerprint density at radius 1 is 1.18 bits per heavy atom. The molecular formula is C15H28BrN. The number of alkyl halides is 1. The van der Waals surface area contributed by atoms with Crippen molar-refractivity contribution in [3.8, 4) is 0 Å². The van der Waals surface area contributed by atoms with Crippen molar-refractivity contribution in [1.82, 2.24) is 4.90 Å². The summed E-state index contributed by atoms with van der Waals surface area (Å²) < 4.78 is 0. The second-order valence-corrected chi connectivity index (χ2v) is 7.22. The molecule has 0 bridgehead atoms. The number of rotatable bonds is 6. The Labute approximate surface area is 115 Å². The van der Waals surface area contributed by atoms with Gasteiger partial charge in [-0.1, -0.05) is 35.2 Å². The van der Waals surface area contributed by atoms with Crippen LogP contribution in [0.15, 0.2) is 0 Å². The third kappa shape index (κ3) is 3.96. The zero-order valence-corrected chi connectivity index (χ0v) is 13.1. The lowest BCUT2D eigenvalue weighted by Crippen LogP contribution is -2.44. The lowest BCUT2D eigenvalue weighted by atomic mass is 9.75. The third-order valence-corrected chi connectivity index (χ3v) is 5.85. The van der Waals surface area contributed by atoms with Crippen LogP contribution in [0.25, 0.3) is 0 Å². The van der Waals surface area contributed by atoms with Crippen LogP contribution in [0.1, 0.15) is 58.8 Å². The molecule has 0 saturated heterocycles. The van der Waals surface area contributed by atoms with E-state index in [-0.39, 0.29) is 0 Å². The van der Waals surface area contributed by atoms with Crippen LogP contribution in [0, 0.1) is 11.3 Å². The fraction of sp³-hybridized carbons (Fsp3) is 1.00. The van der Waals surface area contributed by atoms with Crippen LogP contribution in [0.4, 0.5) is 0 Å². The van der Waals surface area contributed by atoms with Gasteiger partial charge in [-0.25, -0.2) is 0 Å². The van der Waals surface area contributed by atoms with Gasteiger partial charge in [0.2, 0.25) is 0 Å². The van der Waals surface area contributed by atoms with Gasteiger partial charge in [-0.3, -0.25) is 0 Å². The molecule has 0 aromatic rings. The van der Waals surface area contributed by atoms with Gasteiger partial charge in [0.15, 0.2) is 0 Å². The first-order valence-corrected chi connectivity index (χ1v) is 8.57. The summed E-state index contributed by atoms with van der Waals surface area (Å²) in [6, 6.07) is 0.716. The highest BCUT2D eigenvalue weighted by Crippen LogP contribution is 2.40. The van der Waals surface area contributed by atoms with Crippen molar-refractivity contribution in [2.75, 3.05) is 18.4 Å². The molecular weight excluding hydrogens is 274 g/mol. The summed E-state index contributed by atoms with van der Waals surface area (Å²) >= 11 is 3.80. The van der Waals surface area contributed by atoms with E-state index >= 15 is 0 Å². The molecule has 2 heteroatoms. The van der Waals surface area contributed by atoms with E-state index in [4.69, 9.17) is 0 Å². The smallest absolute Gasteiger partial charge is 0.0100 e. The standard InChI is InChI=1S/C15H28BrN/c1-13(2)17(10-14-6-7-14)12-15(11-16)8-4-3-5-9-15/h13-14H,3-12H2,1-2H3. The second kappa shape index (κ2) is 6.06. The Balaban J connectivity index is 1.93. The number of hydrogen-bond donors (Lipinski definition) is 0. The molecule has 0 aromatic carbocycles. The number of halogens is 1. The molecule has 2 aliphatic rings. The minimum absolute atomic E-state index is 0.581. The average molecular weight is 302 g/mol. The Morgan fingerprint density at radius 3 is 2.29 bits per heavy atom. The van der Waals surface area contributed by atoms with Gasteiger partial charge >= 0.3 is 0 Å². The maximum Gasteiger partial charge on any atom is 0.0100 e. The molecule has 0 amide bonds. The van der Waals surface area contributed by atoms with Crippen molar-refractivity contribution in [2.24, 2.45) is 11.3 Å². The van der Waals surface area contributed by atoms with Gasteiger partial charge in [-0.15, -0.1) is 0 Å². The van der Waals surface area contributed by atoms with E-state index in [0.29, 0.717) is 11.5 Å². The Kier molecular flexibility index (Phi) is 4.94. The second-order valence-electron chi connectivity index (χ2n) is 6.66. The van der Waals surface area contributed by atoms with Gasteiger partial charge in [0, 0.05) is 24.5 Å². The molecule has 0 N–H and O–H groups in total. The summed E-state index contributed by atoms with van der Waals surface area (Å²) in [6.45, 7) is 7.42. The van der Waals surface area contributed by atoms with Crippen molar-refractivity contribution in [3.63, 3.8) is 0 Å². The van der Waals surface area contributed by atoms with Gasteiger partial charge < -0.3 is 4.90 Å². The lowest BCUT2D eigenvalue weighted by Gasteiger charge is -2.41. The number of hydrogen-bond acceptors (Lipinski definition) is 1. The third-order valence-electron chi connectivity index (χ3n) is 4.66. The Morgan fingerprint density at radius 2 is 1.82 bits per heavy atom.